The molecule has 0 aromatic carbocycles. The molecule has 3 nitrogen and oxygen atoms in total. The van der Waals surface area contributed by atoms with Gasteiger partial charge in [-0.3, -0.25) is 4.79 Å². The van der Waals surface area contributed by atoms with Crippen molar-refractivity contribution in [3.8, 4) is 0 Å². The first kappa shape index (κ1) is 17.4. The number of carbonyl (C=O) groups excluding carboxylic acids is 1. The van der Waals surface area contributed by atoms with Crippen LogP contribution in [-0.2, 0) is 4.79 Å². The number of amides is 1. The molecule has 0 aliphatic carbocycles. The highest BCUT2D eigenvalue weighted by Gasteiger charge is 2.19. The Bertz CT molecular complexity index is 204. The molecule has 1 N–H and O–H groups in total. The van der Waals surface area contributed by atoms with E-state index in [0.717, 1.165) is 43.6 Å². The van der Waals surface area contributed by atoms with Crippen LogP contribution in [0.2, 0.25) is 0 Å². The topological polar surface area (TPSA) is 29.1 Å². The third-order valence-corrected chi connectivity index (χ3v) is 4.18. The van der Waals surface area contributed by atoms with Gasteiger partial charge in [0.1, 0.15) is 0 Å². The first-order chi connectivity index (χ1) is 8.64. The molecule has 0 saturated carbocycles. The minimum absolute atomic E-state index is 0.229. The molecule has 108 valence electrons. The lowest BCUT2D eigenvalue weighted by atomic mass is 10.1. The SMILES string of the molecule is CCCCCCC(=O)NCC[N+](CC)(CC)CC. The summed E-state index contributed by atoms with van der Waals surface area (Å²) in [7, 11) is 0. The molecule has 0 saturated heterocycles. The Morgan fingerprint density at radius 1 is 0.944 bits per heavy atom. The molecule has 3 heteroatoms. The summed E-state index contributed by atoms with van der Waals surface area (Å²) in [6, 6.07) is 0. The van der Waals surface area contributed by atoms with E-state index in [1.807, 2.05) is 0 Å². The molecule has 0 aromatic rings. The zero-order valence-electron chi connectivity index (χ0n) is 12.9. The Hall–Kier alpha value is -0.570. The fourth-order valence-corrected chi connectivity index (χ4v) is 2.38. The van der Waals surface area contributed by atoms with E-state index < -0.39 is 0 Å². The minimum atomic E-state index is 0.229. The van der Waals surface area contributed by atoms with Crippen LogP contribution in [0.3, 0.4) is 0 Å². The Balaban J connectivity index is 3.72. The lowest BCUT2D eigenvalue weighted by Gasteiger charge is -2.35. The third kappa shape index (κ3) is 7.00. The number of rotatable bonds is 11. The maximum atomic E-state index is 11.6. The fraction of sp³-hybridized carbons (Fsp3) is 0.933. The summed E-state index contributed by atoms with van der Waals surface area (Å²) in [5.41, 5.74) is 0. The third-order valence-electron chi connectivity index (χ3n) is 4.18. The number of carbonyl (C=O) groups is 1. The summed E-state index contributed by atoms with van der Waals surface area (Å²) in [4.78, 5) is 11.6. The normalized spacial score (nSPS) is 11.6. The van der Waals surface area contributed by atoms with Gasteiger partial charge in [0.2, 0.25) is 5.91 Å². The molecule has 0 unspecified atom stereocenters. The summed E-state index contributed by atoms with van der Waals surface area (Å²) < 4.78 is 1.11. The van der Waals surface area contributed by atoms with E-state index in [4.69, 9.17) is 0 Å². The van der Waals surface area contributed by atoms with Crippen LogP contribution in [0.1, 0.15) is 59.8 Å². The first-order valence-corrected chi connectivity index (χ1v) is 7.75. The van der Waals surface area contributed by atoms with Crippen LogP contribution in [0.4, 0.5) is 0 Å². The number of hydrogen-bond acceptors (Lipinski definition) is 1. The molecule has 0 fully saturated rings. The minimum Gasteiger partial charge on any atom is -0.350 e. The van der Waals surface area contributed by atoms with Crippen LogP contribution in [0, 0.1) is 0 Å². The smallest absolute Gasteiger partial charge is 0.220 e. The van der Waals surface area contributed by atoms with E-state index in [0.29, 0.717) is 6.42 Å². The number of hydrogen-bond donors (Lipinski definition) is 1. The highest BCUT2D eigenvalue weighted by molar-refractivity contribution is 5.75. The Morgan fingerprint density at radius 3 is 2.06 bits per heavy atom. The highest BCUT2D eigenvalue weighted by atomic mass is 16.1. The Morgan fingerprint density at radius 2 is 1.56 bits per heavy atom. The van der Waals surface area contributed by atoms with E-state index >= 15 is 0 Å². The molecule has 0 atom stereocenters. The van der Waals surface area contributed by atoms with Gasteiger partial charge in [-0.1, -0.05) is 26.2 Å². The van der Waals surface area contributed by atoms with Gasteiger partial charge in [-0.25, -0.2) is 0 Å². The van der Waals surface area contributed by atoms with Crippen molar-refractivity contribution in [1.29, 1.82) is 0 Å². The molecule has 0 aromatic heterocycles. The van der Waals surface area contributed by atoms with Gasteiger partial charge in [0.15, 0.2) is 0 Å². The van der Waals surface area contributed by atoms with Gasteiger partial charge in [0.05, 0.1) is 32.7 Å². The van der Waals surface area contributed by atoms with Crippen molar-refractivity contribution in [3.05, 3.63) is 0 Å². The van der Waals surface area contributed by atoms with Crippen molar-refractivity contribution >= 4 is 5.91 Å². The lowest BCUT2D eigenvalue weighted by Crippen LogP contribution is -2.51. The van der Waals surface area contributed by atoms with Crippen LogP contribution in [0.15, 0.2) is 0 Å². The Kier molecular flexibility index (Phi) is 10.0. The second kappa shape index (κ2) is 10.4. The van der Waals surface area contributed by atoms with Gasteiger partial charge in [-0.05, 0) is 27.2 Å². The van der Waals surface area contributed by atoms with Crippen LogP contribution < -0.4 is 5.32 Å². The summed E-state index contributed by atoms with van der Waals surface area (Å²) in [6.07, 6.45) is 5.39. The molecule has 18 heavy (non-hydrogen) atoms. The van der Waals surface area contributed by atoms with Crippen molar-refractivity contribution in [2.45, 2.75) is 59.8 Å². The average Bonchev–Trinajstić information content (AvgIpc) is 2.40. The molecule has 0 bridgehead atoms. The molecule has 0 aliphatic heterocycles. The maximum absolute atomic E-state index is 11.6. The monoisotopic (exact) mass is 257 g/mol. The Labute approximate surface area is 114 Å². The van der Waals surface area contributed by atoms with Crippen LogP contribution >= 0.6 is 0 Å². The van der Waals surface area contributed by atoms with Crippen molar-refractivity contribution in [2.75, 3.05) is 32.7 Å². The standard InChI is InChI=1S/C15H32N2O/c1-5-9-10-11-12-15(18)16-13-14-17(6-2,7-3)8-4/h5-14H2,1-4H3/p+1. The van der Waals surface area contributed by atoms with Gasteiger partial charge in [0.25, 0.3) is 0 Å². The van der Waals surface area contributed by atoms with E-state index in [2.05, 4.69) is 33.0 Å². The van der Waals surface area contributed by atoms with Crippen molar-refractivity contribution < 1.29 is 9.28 Å². The van der Waals surface area contributed by atoms with Gasteiger partial charge in [-0.2, -0.15) is 0 Å². The fourth-order valence-electron chi connectivity index (χ4n) is 2.38. The van der Waals surface area contributed by atoms with E-state index in [9.17, 15) is 4.79 Å². The van der Waals surface area contributed by atoms with E-state index in [-0.39, 0.29) is 5.91 Å². The van der Waals surface area contributed by atoms with Crippen molar-refractivity contribution in [3.63, 3.8) is 0 Å². The molecule has 0 aliphatic rings. The van der Waals surface area contributed by atoms with Crippen LogP contribution in [0.25, 0.3) is 0 Å². The van der Waals surface area contributed by atoms with Crippen LogP contribution in [-0.4, -0.2) is 43.1 Å². The summed E-state index contributed by atoms with van der Waals surface area (Å²) in [6.45, 7) is 14.2. The van der Waals surface area contributed by atoms with Crippen LogP contribution in [0.5, 0.6) is 0 Å². The van der Waals surface area contributed by atoms with E-state index in [1.54, 1.807) is 0 Å². The van der Waals surface area contributed by atoms with Gasteiger partial charge < -0.3 is 9.80 Å². The molecule has 1 amide bonds. The highest BCUT2D eigenvalue weighted by Crippen LogP contribution is 2.05. The van der Waals surface area contributed by atoms with Gasteiger partial charge >= 0.3 is 0 Å². The number of nitrogens with one attached hydrogen (secondary N) is 1. The summed E-state index contributed by atoms with van der Waals surface area (Å²) in [5, 5.41) is 3.06. The zero-order chi connectivity index (χ0) is 13.9. The van der Waals surface area contributed by atoms with Gasteiger partial charge in [0, 0.05) is 6.42 Å². The van der Waals surface area contributed by atoms with Crippen molar-refractivity contribution in [2.24, 2.45) is 0 Å². The number of unbranched alkanes of at least 4 members (excludes halogenated alkanes) is 3. The first-order valence-electron chi connectivity index (χ1n) is 7.75. The molecule has 0 rings (SSSR count). The van der Waals surface area contributed by atoms with E-state index in [1.165, 1.54) is 19.3 Å². The largest absolute Gasteiger partial charge is 0.350 e. The second-order valence-corrected chi connectivity index (χ2v) is 5.17. The lowest BCUT2D eigenvalue weighted by molar-refractivity contribution is -0.922. The maximum Gasteiger partial charge on any atom is 0.220 e. The van der Waals surface area contributed by atoms with Crippen molar-refractivity contribution in [1.82, 2.24) is 5.32 Å². The second-order valence-electron chi connectivity index (χ2n) is 5.17. The average molecular weight is 257 g/mol. The summed E-state index contributed by atoms with van der Waals surface area (Å²) >= 11 is 0. The molecular weight excluding hydrogens is 224 g/mol. The van der Waals surface area contributed by atoms with Gasteiger partial charge in [-0.15, -0.1) is 0 Å². The summed E-state index contributed by atoms with van der Waals surface area (Å²) in [5.74, 6) is 0.229. The number of nitrogens with zero attached hydrogens (tertiary/aromatic N) is 1. The zero-order valence-corrected chi connectivity index (χ0v) is 12.9. The molecule has 0 spiro atoms. The molecular formula is C15H33N2O+. The molecule has 0 radical (unpaired) electrons. The number of quaternary nitrogens is 1. The quantitative estimate of drug-likeness (QED) is 0.447. The number of likely N-dealkylation sites (N-methyl/N-ethyl adjacent to an activating group) is 1. The molecule has 0 heterocycles. The predicted octanol–water partition coefficient (Wildman–Crippen LogP) is 2.95. The predicted molar refractivity (Wildman–Crippen MR) is 78.5 cm³/mol.